The fourth-order valence-electron chi connectivity index (χ4n) is 1.96. The van der Waals surface area contributed by atoms with Crippen LogP contribution in [0.3, 0.4) is 0 Å². The fraction of sp³-hybridized carbons (Fsp3) is 0.600. The van der Waals surface area contributed by atoms with E-state index < -0.39 is 18.0 Å². The predicted octanol–water partition coefficient (Wildman–Crippen LogP) is -0.260. The van der Waals surface area contributed by atoms with E-state index in [9.17, 15) is 9.90 Å². The number of hydrogen-bond donors (Lipinski definition) is 2. The minimum absolute atomic E-state index is 0.155. The molecule has 0 radical (unpaired) electrons. The van der Waals surface area contributed by atoms with Crippen LogP contribution in [0.15, 0.2) is 17.1 Å². The second kappa shape index (κ2) is 3.88. The van der Waals surface area contributed by atoms with Crippen molar-refractivity contribution in [2.75, 3.05) is 5.73 Å². The number of ether oxygens (including phenoxy) is 1. The van der Waals surface area contributed by atoms with E-state index in [0.717, 1.165) is 0 Å². The Labute approximate surface area is 92.7 Å². The van der Waals surface area contributed by atoms with Crippen LogP contribution in [-0.4, -0.2) is 26.9 Å². The molecular weight excluding hydrogens is 210 g/mol. The summed E-state index contributed by atoms with van der Waals surface area (Å²) in [5.41, 5.74) is 4.94. The summed E-state index contributed by atoms with van der Waals surface area (Å²) in [6, 6.07) is 1.53. The molecule has 6 heteroatoms. The van der Waals surface area contributed by atoms with Crippen molar-refractivity contribution >= 4 is 5.82 Å². The van der Waals surface area contributed by atoms with Crippen LogP contribution in [0.1, 0.15) is 20.1 Å². The van der Waals surface area contributed by atoms with Crippen molar-refractivity contribution in [1.82, 2.24) is 9.55 Å². The van der Waals surface area contributed by atoms with Gasteiger partial charge in [-0.1, -0.05) is 6.92 Å². The van der Waals surface area contributed by atoms with Gasteiger partial charge in [-0.05, 0) is 13.0 Å². The molecule has 4 atom stereocenters. The Morgan fingerprint density at radius 1 is 1.56 bits per heavy atom. The number of nitrogens with two attached hydrogens (primary N) is 1. The molecule has 0 bridgehead atoms. The maximum absolute atomic E-state index is 11.6. The van der Waals surface area contributed by atoms with Crippen molar-refractivity contribution in [2.24, 2.45) is 5.92 Å². The second-order valence-electron chi connectivity index (χ2n) is 4.12. The van der Waals surface area contributed by atoms with Crippen molar-refractivity contribution < 1.29 is 9.84 Å². The van der Waals surface area contributed by atoms with E-state index in [2.05, 4.69) is 4.98 Å². The van der Waals surface area contributed by atoms with Gasteiger partial charge in [0.2, 0.25) is 0 Å². The Morgan fingerprint density at radius 2 is 2.25 bits per heavy atom. The molecule has 1 fully saturated rings. The third-order valence-electron chi connectivity index (χ3n) is 2.95. The molecule has 3 N–H and O–H groups in total. The van der Waals surface area contributed by atoms with Gasteiger partial charge in [-0.15, -0.1) is 0 Å². The first-order valence-corrected chi connectivity index (χ1v) is 5.19. The number of anilines is 1. The van der Waals surface area contributed by atoms with Crippen LogP contribution < -0.4 is 11.4 Å². The lowest BCUT2D eigenvalue weighted by Crippen LogP contribution is -2.30. The van der Waals surface area contributed by atoms with E-state index in [0.29, 0.717) is 0 Å². The van der Waals surface area contributed by atoms with Gasteiger partial charge in [-0.25, -0.2) is 4.79 Å². The van der Waals surface area contributed by atoms with Crippen LogP contribution in [0.4, 0.5) is 5.82 Å². The van der Waals surface area contributed by atoms with E-state index in [1.807, 2.05) is 6.92 Å². The molecule has 88 valence electrons. The monoisotopic (exact) mass is 225 g/mol. The fourth-order valence-corrected chi connectivity index (χ4v) is 1.96. The van der Waals surface area contributed by atoms with E-state index in [1.54, 1.807) is 6.92 Å². The van der Waals surface area contributed by atoms with Gasteiger partial charge in [-0.3, -0.25) is 4.57 Å². The van der Waals surface area contributed by atoms with Gasteiger partial charge in [0.1, 0.15) is 12.0 Å². The highest BCUT2D eigenvalue weighted by atomic mass is 16.5. The molecule has 1 aliphatic rings. The highest BCUT2D eigenvalue weighted by Gasteiger charge is 2.39. The molecule has 0 aromatic carbocycles. The average Bonchev–Trinajstić information content (AvgIpc) is 2.46. The number of rotatable bonds is 1. The van der Waals surface area contributed by atoms with Gasteiger partial charge in [0, 0.05) is 12.1 Å². The van der Waals surface area contributed by atoms with Crippen molar-refractivity contribution in [3.8, 4) is 0 Å². The number of nitrogens with zero attached hydrogens (tertiary/aromatic N) is 2. The number of aliphatic hydroxyl groups excluding tert-OH is 1. The van der Waals surface area contributed by atoms with Gasteiger partial charge in [-0.2, -0.15) is 4.98 Å². The highest BCUT2D eigenvalue weighted by molar-refractivity contribution is 5.23. The molecule has 0 spiro atoms. The van der Waals surface area contributed by atoms with Crippen LogP contribution in [0, 0.1) is 5.92 Å². The zero-order valence-corrected chi connectivity index (χ0v) is 9.20. The molecule has 1 saturated heterocycles. The topological polar surface area (TPSA) is 90.4 Å². The predicted molar refractivity (Wildman–Crippen MR) is 57.7 cm³/mol. The lowest BCUT2D eigenvalue weighted by molar-refractivity contribution is -0.0141. The van der Waals surface area contributed by atoms with Gasteiger partial charge in [0.05, 0.1) is 12.2 Å². The Kier molecular flexibility index (Phi) is 2.69. The molecule has 3 unspecified atom stereocenters. The van der Waals surface area contributed by atoms with E-state index >= 15 is 0 Å². The van der Waals surface area contributed by atoms with Crippen molar-refractivity contribution in [3.63, 3.8) is 0 Å². The first-order valence-electron chi connectivity index (χ1n) is 5.19. The third kappa shape index (κ3) is 1.70. The quantitative estimate of drug-likeness (QED) is 0.687. The summed E-state index contributed by atoms with van der Waals surface area (Å²) in [5.74, 6) is 0.0265. The van der Waals surface area contributed by atoms with Crippen LogP contribution in [0.5, 0.6) is 0 Å². The summed E-state index contributed by atoms with van der Waals surface area (Å²) in [6.07, 6.45) is 0.195. The lowest BCUT2D eigenvalue weighted by Gasteiger charge is -2.17. The first-order chi connectivity index (χ1) is 7.50. The average molecular weight is 225 g/mol. The van der Waals surface area contributed by atoms with Crippen LogP contribution in [0.2, 0.25) is 0 Å². The van der Waals surface area contributed by atoms with Crippen LogP contribution in [0.25, 0.3) is 0 Å². The zero-order chi connectivity index (χ0) is 11.9. The number of nitrogen functional groups attached to an aromatic ring is 1. The lowest BCUT2D eigenvalue weighted by atomic mass is 10.0. The number of aliphatic hydroxyl groups is 1. The molecular formula is C10H15N3O3. The maximum atomic E-state index is 11.6. The molecule has 1 aromatic heterocycles. The highest BCUT2D eigenvalue weighted by Crippen LogP contribution is 2.33. The Hall–Kier alpha value is -1.40. The Bertz CT molecular complexity index is 445. The number of hydrogen-bond acceptors (Lipinski definition) is 5. The molecule has 16 heavy (non-hydrogen) atoms. The van der Waals surface area contributed by atoms with E-state index in [-0.39, 0.29) is 17.8 Å². The molecule has 6 nitrogen and oxygen atoms in total. The third-order valence-corrected chi connectivity index (χ3v) is 2.95. The minimum Gasteiger partial charge on any atom is -0.390 e. The van der Waals surface area contributed by atoms with Crippen molar-refractivity contribution in [2.45, 2.75) is 32.3 Å². The molecule has 1 aromatic rings. The summed E-state index contributed by atoms with van der Waals surface area (Å²) >= 11 is 0. The van der Waals surface area contributed by atoms with Crippen molar-refractivity contribution in [1.29, 1.82) is 0 Å². The maximum Gasteiger partial charge on any atom is 0.351 e. The molecule has 2 rings (SSSR count). The first kappa shape index (κ1) is 11.1. The Balaban J connectivity index is 2.35. The summed E-state index contributed by atoms with van der Waals surface area (Å²) in [6.45, 7) is 3.61. The van der Waals surface area contributed by atoms with Gasteiger partial charge >= 0.3 is 5.69 Å². The second-order valence-corrected chi connectivity index (χ2v) is 4.12. The summed E-state index contributed by atoms with van der Waals surface area (Å²) in [7, 11) is 0. The van der Waals surface area contributed by atoms with Gasteiger partial charge in [0.25, 0.3) is 0 Å². The van der Waals surface area contributed by atoms with E-state index in [4.69, 9.17) is 10.5 Å². The largest absolute Gasteiger partial charge is 0.390 e. The number of aromatic nitrogens is 2. The van der Waals surface area contributed by atoms with Gasteiger partial charge < -0.3 is 15.6 Å². The van der Waals surface area contributed by atoms with Crippen LogP contribution >= 0.6 is 0 Å². The summed E-state index contributed by atoms with van der Waals surface area (Å²) in [5, 5.41) is 9.76. The SMILES string of the molecule is CC1C(O)[C@@H](C)OC1n1ccc(N)nc1=O. The summed E-state index contributed by atoms with van der Waals surface area (Å²) in [4.78, 5) is 15.2. The van der Waals surface area contributed by atoms with Crippen LogP contribution in [-0.2, 0) is 4.74 Å². The molecule has 0 amide bonds. The normalized spacial score (nSPS) is 34.2. The van der Waals surface area contributed by atoms with Gasteiger partial charge in [0.15, 0.2) is 0 Å². The summed E-state index contributed by atoms with van der Waals surface area (Å²) < 4.78 is 6.88. The molecule has 1 aliphatic heterocycles. The Morgan fingerprint density at radius 3 is 2.75 bits per heavy atom. The minimum atomic E-state index is -0.575. The van der Waals surface area contributed by atoms with Crippen molar-refractivity contribution in [3.05, 3.63) is 22.7 Å². The molecule has 0 saturated carbocycles. The zero-order valence-electron chi connectivity index (χ0n) is 9.20. The smallest absolute Gasteiger partial charge is 0.351 e. The molecule has 0 aliphatic carbocycles. The van der Waals surface area contributed by atoms with E-state index in [1.165, 1.54) is 16.8 Å². The molecule has 2 heterocycles. The standard InChI is InChI=1S/C10H15N3O3/c1-5-8(14)6(2)16-9(5)13-4-3-7(11)12-10(13)15/h3-6,8-9,14H,1-2H3,(H2,11,12,15)/t5?,6-,8?,9?/m1/s1.